The number of carbonyl (C=O) groups is 1. The Hall–Kier alpha value is -2.82. The molecule has 0 aliphatic carbocycles. The molecule has 0 N–H and O–H groups in total. The van der Waals surface area contributed by atoms with Gasteiger partial charge in [-0.3, -0.25) is 0 Å². The van der Waals surface area contributed by atoms with E-state index in [-0.39, 0.29) is 5.97 Å². The van der Waals surface area contributed by atoms with Crippen LogP contribution in [0.2, 0.25) is 0 Å². The van der Waals surface area contributed by atoms with Crippen LogP contribution in [0.3, 0.4) is 0 Å². The van der Waals surface area contributed by atoms with Gasteiger partial charge in [-0.2, -0.15) is 0 Å². The van der Waals surface area contributed by atoms with Gasteiger partial charge < -0.3 is 14.0 Å². The number of ether oxygens (including phenoxy) is 2. The Morgan fingerprint density at radius 1 is 1.20 bits per heavy atom. The summed E-state index contributed by atoms with van der Waals surface area (Å²) in [4.78, 5) is 16.8. The maximum atomic E-state index is 12.1. The van der Waals surface area contributed by atoms with E-state index in [2.05, 4.69) is 6.92 Å². The number of aromatic nitrogens is 2. The van der Waals surface area contributed by atoms with Crippen molar-refractivity contribution in [3.8, 4) is 17.1 Å². The molecule has 130 valence electrons. The molecule has 5 heteroatoms. The van der Waals surface area contributed by atoms with Gasteiger partial charge in [0.2, 0.25) is 0 Å². The van der Waals surface area contributed by atoms with Crippen LogP contribution in [0.15, 0.2) is 42.5 Å². The van der Waals surface area contributed by atoms with E-state index in [0.717, 1.165) is 35.3 Å². The first kappa shape index (κ1) is 17.0. The van der Waals surface area contributed by atoms with Gasteiger partial charge in [-0.05, 0) is 36.8 Å². The molecular formula is C20H22N2O3. The summed E-state index contributed by atoms with van der Waals surface area (Å²) in [7, 11) is 3.56. The van der Waals surface area contributed by atoms with Crippen LogP contribution in [0.25, 0.3) is 22.4 Å². The second-order valence-corrected chi connectivity index (χ2v) is 5.89. The molecule has 0 saturated carbocycles. The second-order valence-electron chi connectivity index (χ2n) is 5.89. The lowest BCUT2D eigenvalue weighted by molar-refractivity contribution is 0.0499. The molecule has 0 atom stereocenters. The summed E-state index contributed by atoms with van der Waals surface area (Å²) in [6.07, 6.45) is 1.85. The van der Waals surface area contributed by atoms with Crippen molar-refractivity contribution in [1.29, 1.82) is 0 Å². The van der Waals surface area contributed by atoms with Crippen LogP contribution >= 0.6 is 0 Å². The third-order valence-corrected chi connectivity index (χ3v) is 4.20. The van der Waals surface area contributed by atoms with E-state index >= 15 is 0 Å². The monoisotopic (exact) mass is 338 g/mol. The number of imidazole rings is 1. The summed E-state index contributed by atoms with van der Waals surface area (Å²) in [5.41, 5.74) is 3.29. The minimum atomic E-state index is -0.330. The highest BCUT2D eigenvalue weighted by Gasteiger charge is 2.17. The van der Waals surface area contributed by atoms with Crippen molar-refractivity contribution in [3.63, 3.8) is 0 Å². The topological polar surface area (TPSA) is 53.3 Å². The van der Waals surface area contributed by atoms with Crippen LogP contribution in [0.4, 0.5) is 0 Å². The first-order valence-corrected chi connectivity index (χ1v) is 8.42. The fraction of sp³-hybridized carbons (Fsp3) is 0.300. The number of esters is 1. The van der Waals surface area contributed by atoms with Crippen molar-refractivity contribution in [2.45, 2.75) is 19.8 Å². The number of unbranched alkanes of at least 4 members (excludes halogenated alkanes) is 1. The lowest BCUT2D eigenvalue weighted by Crippen LogP contribution is -2.07. The number of benzene rings is 2. The first-order valence-electron chi connectivity index (χ1n) is 8.42. The highest BCUT2D eigenvalue weighted by molar-refractivity contribution is 5.91. The number of carbonyl (C=O) groups excluding carboxylic acids is 1. The number of nitrogens with zero attached hydrogens (tertiary/aromatic N) is 2. The summed E-state index contributed by atoms with van der Waals surface area (Å²) in [6.45, 7) is 2.49. The van der Waals surface area contributed by atoms with Gasteiger partial charge >= 0.3 is 5.97 Å². The van der Waals surface area contributed by atoms with Crippen molar-refractivity contribution < 1.29 is 14.3 Å². The number of hydrogen-bond acceptors (Lipinski definition) is 4. The Balaban J connectivity index is 1.96. The standard InChI is InChI=1S/C20H22N2O3/c1-4-5-12-25-20(23)14-10-11-15(18(13-14)24-3)19-21-16-8-6-7-9-17(16)22(19)2/h6-11,13H,4-5,12H2,1-3H3. The molecule has 0 amide bonds. The predicted molar refractivity (Wildman–Crippen MR) is 97.9 cm³/mol. The van der Waals surface area contributed by atoms with Crippen LogP contribution < -0.4 is 4.74 Å². The van der Waals surface area contributed by atoms with Crippen LogP contribution in [-0.2, 0) is 11.8 Å². The number of methoxy groups -OCH3 is 1. The minimum Gasteiger partial charge on any atom is -0.496 e. The summed E-state index contributed by atoms with van der Waals surface area (Å²) in [5.74, 6) is 1.07. The Kier molecular flexibility index (Phi) is 5.03. The third kappa shape index (κ3) is 3.36. The molecule has 3 aromatic rings. The first-order chi connectivity index (χ1) is 12.2. The van der Waals surface area contributed by atoms with Gasteiger partial charge in [-0.15, -0.1) is 0 Å². The van der Waals surface area contributed by atoms with Crippen molar-refractivity contribution in [3.05, 3.63) is 48.0 Å². The quantitative estimate of drug-likeness (QED) is 0.499. The summed E-state index contributed by atoms with van der Waals surface area (Å²) in [6, 6.07) is 13.3. The number of para-hydroxylation sites is 2. The van der Waals surface area contributed by atoms with Gasteiger partial charge in [0.1, 0.15) is 11.6 Å². The Bertz CT molecular complexity index is 899. The zero-order valence-electron chi connectivity index (χ0n) is 14.8. The smallest absolute Gasteiger partial charge is 0.338 e. The lowest BCUT2D eigenvalue weighted by atomic mass is 10.1. The Labute approximate surface area is 147 Å². The molecule has 5 nitrogen and oxygen atoms in total. The van der Waals surface area contributed by atoms with E-state index in [1.165, 1.54) is 0 Å². The molecule has 0 unspecified atom stereocenters. The SMILES string of the molecule is CCCCOC(=O)c1ccc(-c2nc3ccccc3n2C)c(OC)c1. The maximum Gasteiger partial charge on any atom is 0.338 e. The van der Waals surface area contributed by atoms with Gasteiger partial charge in [0.15, 0.2) is 0 Å². The van der Waals surface area contributed by atoms with Gasteiger partial charge in [0, 0.05) is 7.05 Å². The number of aryl methyl sites for hydroxylation is 1. The molecule has 2 aromatic carbocycles. The molecule has 0 aliphatic rings. The largest absolute Gasteiger partial charge is 0.496 e. The van der Waals surface area contributed by atoms with E-state index in [0.29, 0.717) is 17.9 Å². The third-order valence-electron chi connectivity index (χ3n) is 4.20. The number of rotatable bonds is 6. The molecule has 1 aromatic heterocycles. The van der Waals surface area contributed by atoms with Crippen molar-refractivity contribution in [2.75, 3.05) is 13.7 Å². The van der Waals surface area contributed by atoms with E-state index in [1.807, 2.05) is 41.9 Å². The molecule has 0 fully saturated rings. The average molecular weight is 338 g/mol. The molecule has 1 heterocycles. The van der Waals surface area contributed by atoms with Gasteiger partial charge in [-0.25, -0.2) is 9.78 Å². The molecule has 25 heavy (non-hydrogen) atoms. The average Bonchev–Trinajstić information content (AvgIpc) is 2.98. The van der Waals surface area contributed by atoms with E-state index in [1.54, 1.807) is 19.2 Å². The molecule has 0 saturated heterocycles. The zero-order valence-corrected chi connectivity index (χ0v) is 14.8. The van der Waals surface area contributed by atoms with E-state index in [4.69, 9.17) is 14.5 Å². The van der Waals surface area contributed by atoms with Crippen molar-refractivity contribution in [2.24, 2.45) is 7.05 Å². The Morgan fingerprint density at radius 2 is 2.00 bits per heavy atom. The fourth-order valence-corrected chi connectivity index (χ4v) is 2.78. The summed E-state index contributed by atoms with van der Waals surface area (Å²) >= 11 is 0. The predicted octanol–water partition coefficient (Wildman–Crippen LogP) is 4.21. The molecule has 0 bridgehead atoms. The van der Waals surface area contributed by atoms with Crippen LogP contribution in [0.1, 0.15) is 30.1 Å². The highest BCUT2D eigenvalue weighted by Crippen LogP contribution is 2.32. The molecule has 0 spiro atoms. The van der Waals surface area contributed by atoms with Crippen LogP contribution in [0.5, 0.6) is 5.75 Å². The van der Waals surface area contributed by atoms with Gasteiger partial charge in [0.05, 0.1) is 35.9 Å². The molecule has 0 radical (unpaired) electrons. The molecule has 0 aliphatic heterocycles. The molecular weight excluding hydrogens is 316 g/mol. The normalized spacial score (nSPS) is 10.8. The van der Waals surface area contributed by atoms with Crippen molar-refractivity contribution in [1.82, 2.24) is 9.55 Å². The van der Waals surface area contributed by atoms with Gasteiger partial charge in [0.25, 0.3) is 0 Å². The van der Waals surface area contributed by atoms with Gasteiger partial charge in [-0.1, -0.05) is 25.5 Å². The zero-order chi connectivity index (χ0) is 17.8. The second kappa shape index (κ2) is 7.38. The maximum absolute atomic E-state index is 12.1. The van der Waals surface area contributed by atoms with Crippen LogP contribution in [-0.4, -0.2) is 29.2 Å². The fourth-order valence-electron chi connectivity index (χ4n) is 2.78. The Morgan fingerprint density at radius 3 is 2.72 bits per heavy atom. The van der Waals surface area contributed by atoms with Crippen molar-refractivity contribution >= 4 is 17.0 Å². The molecule has 3 rings (SSSR count). The summed E-state index contributed by atoms with van der Waals surface area (Å²) in [5, 5.41) is 0. The van der Waals surface area contributed by atoms with E-state index in [9.17, 15) is 4.79 Å². The lowest BCUT2D eigenvalue weighted by Gasteiger charge is -2.11. The van der Waals surface area contributed by atoms with Crippen LogP contribution in [0, 0.1) is 0 Å². The minimum absolute atomic E-state index is 0.330. The van der Waals surface area contributed by atoms with E-state index < -0.39 is 0 Å². The summed E-state index contributed by atoms with van der Waals surface area (Å²) < 4.78 is 12.8. The number of hydrogen-bond donors (Lipinski definition) is 0. The highest BCUT2D eigenvalue weighted by atomic mass is 16.5. The number of fused-ring (bicyclic) bond motifs is 1.